The number of amides is 2. The SMILES string of the molecule is CCOC(=O)c1ccc(NC(=O)CC2OCCN(CCO)C2=O)cc1. The van der Waals surface area contributed by atoms with Crippen LogP contribution in [0, 0.1) is 0 Å². The molecule has 8 nitrogen and oxygen atoms in total. The van der Waals surface area contributed by atoms with Gasteiger partial charge in [-0.25, -0.2) is 4.79 Å². The topological polar surface area (TPSA) is 105 Å². The van der Waals surface area contributed by atoms with Gasteiger partial charge in [0, 0.05) is 18.8 Å². The van der Waals surface area contributed by atoms with Crippen LogP contribution in [-0.2, 0) is 19.1 Å². The highest BCUT2D eigenvalue weighted by atomic mass is 16.5. The summed E-state index contributed by atoms with van der Waals surface area (Å²) in [4.78, 5) is 37.3. The highest BCUT2D eigenvalue weighted by molar-refractivity contribution is 5.96. The van der Waals surface area contributed by atoms with Gasteiger partial charge in [-0.05, 0) is 31.2 Å². The van der Waals surface area contributed by atoms with Gasteiger partial charge in [0.05, 0.1) is 31.8 Å². The molecule has 136 valence electrons. The van der Waals surface area contributed by atoms with Gasteiger partial charge in [-0.2, -0.15) is 0 Å². The molecule has 0 aliphatic carbocycles. The molecule has 2 N–H and O–H groups in total. The van der Waals surface area contributed by atoms with Crippen molar-refractivity contribution in [1.82, 2.24) is 4.90 Å². The summed E-state index contributed by atoms with van der Waals surface area (Å²) in [6.07, 6.45) is -0.959. The molecular formula is C17H22N2O6. The summed E-state index contributed by atoms with van der Waals surface area (Å²) < 4.78 is 10.2. The monoisotopic (exact) mass is 350 g/mol. The lowest BCUT2D eigenvalue weighted by Gasteiger charge is -2.31. The number of aliphatic hydroxyl groups excluding tert-OH is 1. The fraction of sp³-hybridized carbons (Fsp3) is 0.471. The molecule has 0 radical (unpaired) electrons. The number of hydrogen-bond acceptors (Lipinski definition) is 6. The van der Waals surface area contributed by atoms with Gasteiger partial charge in [0.1, 0.15) is 6.10 Å². The van der Waals surface area contributed by atoms with Crippen LogP contribution in [0.15, 0.2) is 24.3 Å². The number of carbonyl (C=O) groups is 3. The van der Waals surface area contributed by atoms with Crippen LogP contribution in [0.25, 0.3) is 0 Å². The van der Waals surface area contributed by atoms with Gasteiger partial charge >= 0.3 is 5.97 Å². The standard InChI is InChI=1S/C17H22N2O6/c1-2-24-17(23)12-3-5-13(6-4-12)18-15(21)11-14-16(22)19(7-9-20)8-10-25-14/h3-6,14,20H,2,7-11H2,1H3,(H,18,21). The second-order valence-corrected chi connectivity index (χ2v) is 5.46. The minimum absolute atomic E-state index is 0.111. The predicted octanol–water partition coefficient (Wildman–Crippen LogP) is 0.412. The molecule has 1 fully saturated rings. The van der Waals surface area contributed by atoms with Gasteiger partial charge in [0.2, 0.25) is 5.91 Å². The van der Waals surface area contributed by atoms with E-state index in [2.05, 4.69) is 5.32 Å². The largest absolute Gasteiger partial charge is 0.462 e. The van der Waals surface area contributed by atoms with Crippen LogP contribution in [-0.4, -0.2) is 66.8 Å². The average Bonchev–Trinajstić information content (AvgIpc) is 2.59. The molecule has 25 heavy (non-hydrogen) atoms. The van der Waals surface area contributed by atoms with Crippen molar-refractivity contribution in [3.05, 3.63) is 29.8 Å². The van der Waals surface area contributed by atoms with Crippen molar-refractivity contribution < 1.29 is 29.0 Å². The number of rotatable bonds is 7. The minimum atomic E-state index is -0.848. The Hall–Kier alpha value is -2.45. The van der Waals surface area contributed by atoms with Crippen LogP contribution in [0.4, 0.5) is 5.69 Å². The molecular weight excluding hydrogens is 328 g/mol. The molecule has 1 heterocycles. The van der Waals surface area contributed by atoms with Crippen molar-refractivity contribution >= 4 is 23.5 Å². The molecule has 2 rings (SSSR count). The second kappa shape index (κ2) is 9.14. The zero-order valence-electron chi connectivity index (χ0n) is 14.1. The number of β-amino-alcohol motifs (C(OH)–C–C–N with tert-alkyl or cyclic N) is 1. The molecule has 1 aliphatic heterocycles. The van der Waals surface area contributed by atoms with Gasteiger partial charge in [-0.3, -0.25) is 9.59 Å². The molecule has 0 bridgehead atoms. The van der Waals surface area contributed by atoms with Gasteiger partial charge in [0.15, 0.2) is 0 Å². The molecule has 1 atom stereocenters. The third kappa shape index (κ3) is 5.27. The normalized spacial score (nSPS) is 17.3. The molecule has 1 aromatic rings. The maximum atomic E-state index is 12.1. The van der Waals surface area contributed by atoms with Crippen molar-refractivity contribution in [3.8, 4) is 0 Å². The first kappa shape index (κ1) is 18.9. The van der Waals surface area contributed by atoms with Crippen molar-refractivity contribution in [3.63, 3.8) is 0 Å². The van der Waals surface area contributed by atoms with Crippen LogP contribution < -0.4 is 5.32 Å². The highest BCUT2D eigenvalue weighted by Gasteiger charge is 2.31. The molecule has 0 saturated carbocycles. The van der Waals surface area contributed by atoms with E-state index in [-0.39, 0.29) is 31.4 Å². The van der Waals surface area contributed by atoms with Crippen LogP contribution in [0.2, 0.25) is 0 Å². The Kier molecular flexibility index (Phi) is 6.91. The maximum absolute atomic E-state index is 12.1. The summed E-state index contributed by atoms with van der Waals surface area (Å²) in [6, 6.07) is 6.29. The fourth-order valence-corrected chi connectivity index (χ4v) is 2.46. The minimum Gasteiger partial charge on any atom is -0.462 e. The van der Waals surface area contributed by atoms with Crippen LogP contribution in [0.5, 0.6) is 0 Å². The smallest absolute Gasteiger partial charge is 0.338 e. The Morgan fingerprint density at radius 3 is 2.72 bits per heavy atom. The molecule has 1 unspecified atom stereocenters. The van der Waals surface area contributed by atoms with E-state index in [0.29, 0.717) is 31.0 Å². The van der Waals surface area contributed by atoms with Crippen LogP contribution >= 0.6 is 0 Å². The summed E-state index contributed by atoms with van der Waals surface area (Å²) in [5.74, 6) is -1.09. The van der Waals surface area contributed by atoms with E-state index in [9.17, 15) is 14.4 Å². The van der Waals surface area contributed by atoms with Crippen molar-refractivity contribution in [2.45, 2.75) is 19.4 Å². The zero-order chi connectivity index (χ0) is 18.2. The summed E-state index contributed by atoms with van der Waals surface area (Å²) in [5.41, 5.74) is 0.902. The lowest BCUT2D eigenvalue weighted by atomic mass is 10.1. The first-order valence-electron chi connectivity index (χ1n) is 8.13. The van der Waals surface area contributed by atoms with Crippen molar-refractivity contribution in [2.75, 3.05) is 38.2 Å². The van der Waals surface area contributed by atoms with Gasteiger partial charge in [-0.15, -0.1) is 0 Å². The van der Waals surface area contributed by atoms with Gasteiger partial charge in [-0.1, -0.05) is 0 Å². The lowest BCUT2D eigenvalue weighted by molar-refractivity contribution is -0.155. The molecule has 2 amide bonds. The highest BCUT2D eigenvalue weighted by Crippen LogP contribution is 2.14. The fourth-order valence-electron chi connectivity index (χ4n) is 2.46. The number of carbonyl (C=O) groups excluding carboxylic acids is 3. The molecule has 8 heteroatoms. The Labute approximate surface area is 145 Å². The molecule has 1 saturated heterocycles. The number of ether oxygens (including phenoxy) is 2. The van der Waals surface area contributed by atoms with E-state index in [4.69, 9.17) is 14.6 Å². The first-order valence-corrected chi connectivity index (χ1v) is 8.13. The van der Waals surface area contributed by atoms with Gasteiger partial charge in [0.25, 0.3) is 5.91 Å². The number of morpholine rings is 1. The third-order valence-corrected chi connectivity index (χ3v) is 3.69. The number of aliphatic hydroxyl groups is 1. The number of anilines is 1. The summed E-state index contributed by atoms with van der Waals surface area (Å²) >= 11 is 0. The molecule has 1 aliphatic rings. The van der Waals surface area contributed by atoms with E-state index >= 15 is 0 Å². The Morgan fingerprint density at radius 1 is 1.36 bits per heavy atom. The maximum Gasteiger partial charge on any atom is 0.338 e. The van der Waals surface area contributed by atoms with E-state index in [1.54, 1.807) is 31.2 Å². The third-order valence-electron chi connectivity index (χ3n) is 3.69. The molecule has 1 aromatic carbocycles. The zero-order valence-corrected chi connectivity index (χ0v) is 14.1. The van der Waals surface area contributed by atoms with Crippen molar-refractivity contribution in [2.24, 2.45) is 0 Å². The second-order valence-electron chi connectivity index (χ2n) is 5.46. The lowest BCUT2D eigenvalue weighted by Crippen LogP contribution is -2.49. The van der Waals surface area contributed by atoms with Crippen LogP contribution in [0.3, 0.4) is 0 Å². The molecule has 0 spiro atoms. The number of nitrogens with zero attached hydrogens (tertiary/aromatic N) is 1. The number of benzene rings is 1. The first-order chi connectivity index (χ1) is 12.0. The quantitative estimate of drug-likeness (QED) is 0.690. The Morgan fingerprint density at radius 2 is 2.08 bits per heavy atom. The number of nitrogens with one attached hydrogen (secondary N) is 1. The van der Waals surface area contributed by atoms with E-state index in [0.717, 1.165) is 0 Å². The number of hydrogen-bond donors (Lipinski definition) is 2. The summed E-state index contributed by atoms with van der Waals surface area (Å²) in [6.45, 7) is 2.86. The summed E-state index contributed by atoms with van der Waals surface area (Å²) in [7, 11) is 0. The number of esters is 1. The van der Waals surface area contributed by atoms with E-state index in [1.165, 1.54) is 4.90 Å². The van der Waals surface area contributed by atoms with Crippen molar-refractivity contribution in [1.29, 1.82) is 0 Å². The molecule has 0 aromatic heterocycles. The predicted molar refractivity (Wildman–Crippen MR) is 89.1 cm³/mol. The average molecular weight is 350 g/mol. The Bertz CT molecular complexity index is 614. The van der Waals surface area contributed by atoms with Gasteiger partial charge < -0.3 is 24.8 Å². The van der Waals surface area contributed by atoms with E-state index in [1.807, 2.05) is 0 Å². The van der Waals surface area contributed by atoms with E-state index < -0.39 is 12.1 Å². The Balaban J connectivity index is 1.89. The summed E-state index contributed by atoms with van der Waals surface area (Å²) in [5, 5.41) is 11.6. The van der Waals surface area contributed by atoms with Crippen LogP contribution in [0.1, 0.15) is 23.7 Å².